The van der Waals surface area contributed by atoms with Gasteiger partial charge < -0.3 is 0 Å². The highest BCUT2D eigenvalue weighted by atomic mass is 35.5. The fourth-order valence-electron chi connectivity index (χ4n) is 1.92. The Morgan fingerprint density at radius 1 is 1.06 bits per heavy atom. The number of hydrogen-bond acceptors (Lipinski definition) is 0. The van der Waals surface area contributed by atoms with E-state index in [9.17, 15) is 4.39 Å². The van der Waals surface area contributed by atoms with Crippen LogP contribution in [0.1, 0.15) is 27.6 Å². The SMILES string of the molecule is Cc1ccc(C)c(C(Cl)c2cccc(Cl)c2F)c1. The summed E-state index contributed by atoms with van der Waals surface area (Å²) in [6.45, 7) is 3.95. The molecule has 3 heteroatoms. The Labute approximate surface area is 116 Å². The summed E-state index contributed by atoms with van der Waals surface area (Å²) in [4.78, 5) is 0. The lowest BCUT2D eigenvalue weighted by molar-refractivity contribution is 0.612. The highest BCUT2D eigenvalue weighted by molar-refractivity contribution is 6.31. The molecule has 1 unspecified atom stereocenters. The maximum absolute atomic E-state index is 14.0. The second kappa shape index (κ2) is 5.29. The van der Waals surface area contributed by atoms with E-state index in [2.05, 4.69) is 0 Å². The quantitative estimate of drug-likeness (QED) is 0.645. The van der Waals surface area contributed by atoms with E-state index in [1.807, 2.05) is 32.0 Å². The molecule has 0 aliphatic carbocycles. The van der Waals surface area contributed by atoms with E-state index in [4.69, 9.17) is 23.2 Å². The molecule has 2 aromatic rings. The Kier molecular flexibility index (Phi) is 3.94. The lowest BCUT2D eigenvalue weighted by atomic mass is 9.98. The third-order valence-electron chi connectivity index (χ3n) is 2.96. The molecule has 0 fully saturated rings. The summed E-state index contributed by atoms with van der Waals surface area (Å²) >= 11 is 12.2. The van der Waals surface area contributed by atoms with Crippen LogP contribution >= 0.6 is 23.2 Å². The topological polar surface area (TPSA) is 0 Å². The number of halogens is 3. The van der Waals surface area contributed by atoms with Gasteiger partial charge in [-0.05, 0) is 31.0 Å². The zero-order valence-corrected chi connectivity index (χ0v) is 11.7. The molecule has 0 nitrogen and oxygen atoms in total. The molecule has 0 N–H and O–H groups in total. The van der Waals surface area contributed by atoms with Gasteiger partial charge >= 0.3 is 0 Å². The normalized spacial score (nSPS) is 12.5. The molecular formula is C15H13Cl2F. The fraction of sp³-hybridized carbons (Fsp3) is 0.200. The van der Waals surface area contributed by atoms with Crippen molar-refractivity contribution >= 4 is 23.2 Å². The van der Waals surface area contributed by atoms with Gasteiger partial charge in [-0.15, -0.1) is 11.6 Å². The van der Waals surface area contributed by atoms with Gasteiger partial charge in [-0.1, -0.05) is 47.5 Å². The minimum Gasteiger partial charge on any atom is -0.205 e. The molecule has 0 aromatic heterocycles. The Morgan fingerprint density at radius 2 is 1.78 bits per heavy atom. The first-order valence-corrected chi connectivity index (χ1v) is 6.47. The van der Waals surface area contributed by atoms with Gasteiger partial charge in [-0.25, -0.2) is 4.39 Å². The maximum Gasteiger partial charge on any atom is 0.146 e. The molecule has 1 atom stereocenters. The number of benzene rings is 2. The smallest absolute Gasteiger partial charge is 0.146 e. The first-order valence-electron chi connectivity index (χ1n) is 5.66. The highest BCUT2D eigenvalue weighted by Crippen LogP contribution is 2.34. The summed E-state index contributed by atoms with van der Waals surface area (Å²) in [6.07, 6.45) is 0. The molecule has 0 spiro atoms. The van der Waals surface area contributed by atoms with Crippen molar-refractivity contribution in [2.45, 2.75) is 19.2 Å². The third-order valence-corrected chi connectivity index (χ3v) is 3.72. The Balaban J connectivity index is 2.51. The largest absolute Gasteiger partial charge is 0.205 e. The maximum atomic E-state index is 14.0. The van der Waals surface area contributed by atoms with Gasteiger partial charge in [0.05, 0.1) is 10.4 Å². The van der Waals surface area contributed by atoms with Crippen molar-refractivity contribution in [3.63, 3.8) is 0 Å². The molecule has 94 valence electrons. The van der Waals surface area contributed by atoms with E-state index in [0.717, 1.165) is 16.7 Å². The molecular weight excluding hydrogens is 270 g/mol. The van der Waals surface area contributed by atoms with Crippen LogP contribution in [0.5, 0.6) is 0 Å². The first kappa shape index (κ1) is 13.4. The molecule has 2 aromatic carbocycles. The minimum absolute atomic E-state index is 0.100. The van der Waals surface area contributed by atoms with Crippen LogP contribution in [0.4, 0.5) is 4.39 Å². The van der Waals surface area contributed by atoms with Gasteiger partial charge in [0.1, 0.15) is 5.82 Å². The van der Waals surface area contributed by atoms with Crippen LogP contribution in [0.3, 0.4) is 0 Å². The van der Waals surface area contributed by atoms with Crippen molar-refractivity contribution in [2.24, 2.45) is 0 Å². The van der Waals surface area contributed by atoms with E-state index < -0.39 is 11.2 Å². The molecule has 0 amide bonds. The molecule has 0 bridgehead atoms. The van der Waals surface area contributed by atoms with Crippen molar-refractivity contribution in [3.8, 4) is 0 Å². The van der Waals surface area contributed by atoms with E-state index in [0.29, 0.717) is 5.56 Å². The zero-order valence-electron chi connectivity index (χ0n) is 10.2. The molecule has 0 aliphatic heterocycles. The average molecular weight is 283 g/mol. The molecule has 2 rings (SSSR count). The lowest BCUT2D eigenvalue weighted by Gasteiger charge is -2.15. The van der Waals surface area contributed by atoms with Crippen LogP contribution in [-0.4, -0.2) is 0 Å². The summed E-state index contributed by atoms with van der Waals surface area (Å²) in [5.41, 5.74) is 3.47. The highest BCUT2D eigenvalue weighted by Gasteiger charge is 2.18. The number of rotatable bonds is 2. The van der Waals surface area contributed by atoms with Crippen molar-refractivity contribution in [1.29, 1.82) is 0 Å². The number of hydrogen-bond donors (Lipinski definition) is 0. The summed E-state index contributed by atoms with van der Waals surface area (Å²) < 4.78 is 14.0. The van der Waals surface area contributed by atoms with Gasteiger partial charge in [0.15, 0.2) is 0 Å². The summed E-state index contributed by atoms with van der Waals surface area (Å²) in [6, 6.07) is 10.9. The van der Waals surface area contributed by atoms with Gasteiger partial charge in [0.25, 0.3) is 0 Å². The van der Waals surface area contributed by atoms with Gasteiger partial charge in [-0.2, -0.15) is 0 Å². The monoisotopic (exact) mass is 282 g/mol. The van der Waals surface area contributed by atoms with Gasteiger partial charge in [0.2, 0.25) is 0 Å². The number of alkyl halides is 1. The second-order valence-corrected chi connectivity index (χ2v) is 5.21. The van der Waals surface area contributed by atoms with Crippen molar-refractivity contribution in [3.05, 3.63) is 69.5 Å². The second-order valence-electron chi connectivity index (χ2n) is 4.37. The minimum atomic E-state index is -0.524. The van der Waals surface area contributed by atoms with Gasteiger partial charge in [0, 0.05) is 5.56 Å². The van der Waals surface area contributed by atoms with Crippen molar-refractivity contribution in [1.82, 2.24) is 0 Å². The fourth-order valence-corrected chi connectivity index (χ4v) is 2.50. The van der Waals surface area contributed by atoms with E-state index in [1.54, 1.807) is 12.1 Å². The van der Waals surface area contributed by atoms with Crippen LogP contribution in [-0.2, 0) is 0 Å². The van der Waals surface area contributed by atoms with Crippen LogP contribution in [0, 0.1) is 19.7 Å². The molecule has 18 heavy (non-hydrogen) atoms. The molecule has 0 saturated carbocycles. The predicted molar refractivity (Wildman–Crippen MR) is 75.0 cm³/mol. The third kappa shape index (κ3) is 2.52. The molecule has 0 aliphatic rings. The summed E-state index contributed by atoms with van der Waals surface area (Å²) in [5, 5.41) is -0.424. The number of aryl methyl sites for hydroxylation is 2. The average Bonchev–Trinajstić information content (AvgIpc) is 2.35. The summed E-state index contributed by atoms with van der Waals surface area (Å²) in [5.74, 6) is -0.444. The van der Waals surface area contributed by atoms with Crippen LogP contribution in [0.25, 0.3) is 0 Å². The van der Waals surface area contributed by atoms with E-state index in [-0.39, 0.29) is 5.02 Å². The standard InChI is InChI=1S/C15H13Cl2F/c1-9-6-7-10(2)12(8-9)14(17)11-4-3-5-13(16)15(11)18/h3-8,14H,1-2H3. The van der Waals surface area contributed by atoms with Crippen LogP contribution in [0.2, 0.25) is 5.02 Å². The Hall–Kier alpha value is -1.05. The molecule has 0 radical (unpaired) electrons. The molecule has 0 saturated heterocycles. The van der Waals surface area contributed by atoms with E-state index >= 15 is 0 Å². The lowest BCUT2D eigenvalue weighted by Crippen LogP contribution is -2.00. The summed E-state index contributed by atoms with van der Waals surface area (Å²) in [7, 11) is 0. The molecule has 0 heterocycles. The Bertz CT molecular complexity index is 577. The Morgan fingerprint density at radius 3 is 2.50 bits per heavy atom. The van der Waals surface area contributed by atoms with E-state index in [1.165, 1.54) is 6.07 Å². The van der Waals surface area contributed by atoms with Crippen LogP contribution < -0.4 is 0 Å². The van der Waals surface area contributed by atoms with Crippen LogP contribution in [0.15, 0.2) is 36.4 Å². The predicted octanol–water partition coefficient (Wildman–Crippen LogP) is 5.42. The zero-order chi connectivity index (χ0) is 13.3. The van der Waals surface area contributed by atoms with Crippen molar-refractivity contribution in [2.75, 3.05) is 0 Å². The van der Waals surface area contributed by atoms with Gasteiger partial charge in [-0.3, -0.25) is 0 Å². The first-order chi connectivity index (χ1) is 8.50. The van der Waals surface area contributed by atoms with Crippen molar-refractivity contribution < 1.29 is 4.39 Å².